The van der Waals surface area contributed by atoms with Crippen LogP contribution in [0.3, 0.4) is 0 Å². The van der Waals surface area contributed by atoms with E-state index in [9.17, 15) is 0 Å². The van der Waals surface area contributed by atoms with Crippen LogP contribution in [0.1, 0.15) is 42.5 Å². The molecule has 0 saturated carbocycles. The van der Waals surface area contributed by atoms with E-state index in [4.69, 9.17) is 11.6 Å². The predicted octanol–water partition coefficient (Wildman–Crippen LogP) is 5.17. The third-order valence-corrected chi connectivity index (χ3v) is 4.06. The van der Waals surface area contributed by atoms with Gasteiger partial charge in [0.25, 0.3) is 0 Å². The van der Waals surface area contributed by atoms with Crippen molar-refractivity contribution in [3.63, 3.8) is 0 Å². The topological polar surface area (TPSA) is 12.0 Å². The summed E-state index contributed by atoms with van der Waals surface area (Å²) in [6.45, 7) is 4.45. The molecule has 0 spiro atoms. The Morgan fingerprint density at radius 2 is 1.84 bits per heavy atom. The smallest absolute Gasteiger partial charge is 0.0555 e. The van der Waals surface area contributed by atoms with Crippen LogP contribution in [0.25, 0.3) is 0 Å². The molecule has 0 aromatic heterocycles. The van der Waals surface area contributed by atoms with Gasteiger partial charge in [0.05, 0.1) is 6.04 Å². The molecule has 2 heteroatoms. The van der Waals surface area contributed by atoms with Crippen molar-refractivity contribution in [3.05, 3.63) is 64.2 Å². The molecule has 98 valence electrons. The Kier molecular flexibility index (Phi) is 3.24. The zero-order valence-corrected chi connectivity index (χ0v) is 12.0. The normalized spacial score (nSPS) is 17.4. The molecular weight excluding hydrogens is 254 g/mol. The Bertz CT molecular complexity index is 587. The molecule has 1 heterocycles. The number of anilines is 1. The van der Waals surface area contributed by atoms with Gasteiger partial charge in [-0.15, -0.1) is 0 Å². The molecule has 1 N–H and O–H groups in total. The maximum atomic E-state index is 6.04. The van der Waals surface area contributed by atoms with E-state index in [0.717, 1.165) is 11.4 Å². The third kappa shape index (κ3) is 2.48. The first-order valence-corrected chi connectivity index (χ1v) is 7.16. The summed E-state index contributed by atoms with van der Waals surface area (Å²) in [5.41, 5.74) is 5.26. The molecular formula is C17H18ClN. The van der Waals surface area contributed by atoms with E-state index in [0.29, 0.717) is 12.0 Å². The van der Waals surface area contributed by atoms with Gasteiger partial charge in [-0.3, -0.25) is 0 Å². The lowest BCUT2D eigenvalue weighted by molar-refractivity contribution is 0.816. The molecule has 0 aliphatic carbocycles. The largest absolute Gasteiger partial charge is 0.378 e. The second kappa shape index (κ2) is 4.90. The van der Waals surface area contributed by atoms with Crippen LogP contribution < -0.4 is 5.32 Å². The second-order valence-electron chi connectivity index (χ2n) is 5.52. The van der Waals surface area contributed by atoms with Gasteiger partial charge in [-0.25, -0.2) is 0 Å². The molecule has 2 aromatic carbocycles. The van der Waals surface area contributed by atoms with E-state index < -0.39 is 0 Å². The van der Waals surface area contributed by atoms with Crippen LogP contribution in [0, 0.1) is 0 Å². The van der Waals surface area contributed by atoms with E-state index in [1.807, 2.05) is 6.07 Å². The summed E-state index contributed by atoms with van der Waals surface area (Å²) < 4.78 is 0. The van der Waals surface area contributed by atoms with Crippen LogP contribution in [0.15, 0.2) is 42.5 Å². The fourth-order valence-corrected chi connectivity index (χ4v) is 2.84. The van der Waals surface area contributed by atoms with Gasteiger partial charge in [0.1, 0.15) is 0 Å². The van der Waals surface area contributed by atoms with Crippen molar-refractivity contribution >= 4 is 17.3 Å². The number of benzene rings is 2. The molecule has 2 aromatic rings. The minimum atomic E-state index is 0.370. The monoisotopic (exact) mass is 271 g/mol. The van der Waals surface area contributed by atoms with Crippen molar-refractivity contribution in [2.24, 2.45) is 0 Å². The molecule has 1 aliphatic heterocycles. The second-order valence-corrected chi connectivity index (χ2v) is 5.96. The summed E-state index contributed by atoms with van der Waals surface area (Å²) in [6.07, 6.45) is 1.01. The summed E-state index contributed by atoms with van der Waals surface area (Å²) >= 11 is 6.04. The van der Waals surface area contributed by atoms with E-state index in [1.54, 1.807) is 0 Å². The van der Waals surface area contributed by atoms with Crippen LogP contribution in [0.4, 0.5) is 5.69 Å². The molecule has 1 aliphatic rings. The van der Waals surface area contributed by atoms with Crippen molar-refractivity contribution in [3.8, 4) is 0 Å². The first kappa shape index (κ1) is 12.6. The molecule has 0 bridgehead atoms. The van der Waals surface area contributed by atoms with Crippen molar-refractivity contribution in [2.75, 3.05) is 5.32 Å². The molecule has 1 atom stereocenters. The Labute approximate surface area is 119 Å². The number of nitrogens with one attached hydrogen (secondary N) is 1. The molecule has 0 radical (unpaired) electrons. The van der Waals surface area contributed by atoms with Crippen LogP contribution in [0.2, 0.25) is 5.02 Å². The zero-order valence-electron chi connectivity index (χ0n) is 11.3. The van der Waals surface area contributed by atoms with Crippen LogP contribution in [0.5, 0.6) is 0 Å². The Hall–Kier alpha value is -1.47. The van der Waals surface area contributed by atoms with E-state index in [1.165, 1.54) is 22.4 Å². The lowest BCUT2D eigenvalue weighted by Gasteiger charge is -2.13. The minimum absolute atomic E-state index is 0.370. The number of hydrogen-bond acceptors (Lipinski definition) is 1. The molecule has 3 rings (SSSR count). The van der Waals surface area contributed by atoms with Gasteiger partial charge in [0.15, 0.2) is 0 Å². The van der Waals surface area contributed by atoms with Gasteiger partial charge in [-0.05, 0) is 47.2 Å². The predicted molar refractivity (Wildman–Crippen MR) is 82.1 cm³/mol. The Morgan fingerprint density at radius 1 is 1.11 bits per heavy atom. The fourth-order valence-electron chi connectivity index (χ4n) is 2.65. The van der Waals surface area contributed by atoms with E-state index >= 15 is 0 Å². The zero-order chi connectivity index (χ0) is 13.4. The minimum Gasteiger partial charge on any atom is -0.378 e. The molecule has 0 fully saturated rings. The van der Waals surface area contributed by atoms with Crippen molar-refractivity contribution in [1.82, 2.24) is 0 Å². The van der Waals surface area contributed by atoms with Gasteiger partial charge in [0.2, 0.25) is 0 Å². The summed E-state index contributed by atoms with van der Waals surface area (Å²) in [5.74, 6) is 0.585. The number of rotatable bonds is 2. The van der Waals surface area contributed by atoms with Crippen molar-refractivity contribution < 1.29 is 0 Å². The van der Waals surface area contributed by atoms with Crippen LogP contribution in [-0.2, 0) is 6.42 Å². The maximum Gasteiger partial charge on any atom is 0.0555 e. The maximum absolute atomic E-state index is 6.04. The third-order valence-electron chi connectivity index (χ3n) is 3.83. The highest BCUT2D eigenvalue weighted by Gasteiger charge is 2.21. The molecule has 0 saturated heterocycles. The number of halogens is 1. The summed E-state index contributed by atoms with van der Waals surface area (Å²) in [6, 6.07) is 15.4. The van der Waals surface area contributed by atoms with E-state index in [-0.39, 0.29) is 0 Å². The average Bonchev–Trinajstić information content (AvgIpc) is 2.81. The lowest BCUT2D eigenvalue weighted by atomic mass is 9.98. The fraction of sp³-hybridized carbons (Fsp3) is 0.294. The van der Waals surface area contributed by atoms with Gasteiger partial charge >= 0.3 is 0 Å². The highest BCUT2D eigenvalue weighted by Crippen LogP contribution is 2.35. The Morgan fingerprint density at radius 3 is 2.53 bits per heavy atom. The summed E-state index contributed by atoms with van der Waals surface area (Å²) in [4.78, 5) is 0. The first-order valence-electron chi connectivity index (χ1n) is 6.78. The van der Waals surface area contributed by atoms with Crippen LogP contribution in [-0.4, -0.2) is 0 Å². The van der Waals surface area contributed by atoms with Gasteiger partial charge in [-0.2, -0.15) is 0 Å². The Balaban J connectivity index is 1.82. The molecule has 0 amide bonds. The average molecular weight is 272 g/mol. The summed E-state index contributed by atoms with van der Waals surface area (Å²) in [5, 5.41) is 4.38. The first-order chi connectivity index (χ1) is 9.13. The lowest BCUT2D eigenvalue weighted by Crippen LogP contribution is -2.05. The number of fused-ring (bicyclic) bond motifs is 1. The standard InChI is InChI=1S/C17H18ClN/c1-11(2)12-3-5-13(6-4-12)17-10-14-9-15(18)7-8-16(14)19-17/h3-9,11,17,19H,10H2,1-2H3. The van der Waals surface area contributed by atoms with Gasteiger partial charge in [-0.1, -0.05) is 49.7 Å². The number of hydrogen-bond donors (Lipinski definition) is 1. The quantitative estimate of drug-likeness (QED) is 0.794. The van der Waals surface area contributed by atoms with Gasteiger partial charge in [0, 0.05) is 10.7 Å². The van der Waals surface area contributed by atoms with Crippen molar-refractivity contribution in [1.29, 1.82) is 0 Å². The van der Waals surface area contributed by atoms with Crippen LogP contribution >= 0.6 is 11.6 Å². The van der Waals surface area contributed by atoms with E-state index in [2.05, 4.69) is 55.6 Å². The molecule has 1 nitrogen and oxygen atoms in total. The molecule has 1 unspecified atom stereocenters. The SMILES string of the molecule is CC(C)c1ccc(C2Cc3cc(Cl)ccc3N2)cc1. The highest BCUT2D eigenvalue weighted by atomic mass is 35.5. The molecule has 19 heavy (non-hydrogen) atoms. The van der Waals surface area contributed by atoms with Gasteiger partial charge < -0.3 is 5.32 Å². The van der Waals surface area contributed by atoms with Crippen molar-refractivity contribution in [2.45, 2.75) is 32.2 Å². The summed E-state index contributed by atoms with van der Waals surface area (Å²) in [7, 11) is 0. The highest BCUT2D eigenvalue weighted by molar-refractivity contribution is 6.30.